The minimum absolute atomic E-state index is 0.161. The van der Waals surface area contributed by atoms with Crippen LogP contribution in [-0.4, -0.2) is 12.8 Å². The number of hydrogen-bond acceptors (Lipinski definition) is 2. The van der Waals surface area contributed by atoms with Gasteiger partial charge in [-0.3, -0.25) is 0 Å². The molecule has 0 heterocycles. The van der Waals surface area contributed by atoms with Crippen LogP contribution in [0.5, 0.6) is 0 Å². The van der Waals surface area contributed by atoms with E-state index in [9.17, 15) is 4.39 Å². The molecule has 0 aromatic heterocycles. The highest BCUT2D eigenvalue weighted by Gasteiger charge is 2.12. The summed E-state index contributed by atoms with van der Waals surface area (Å²) in [5, 5.41) is 3.78. The van der Waals surface area contributed by atoms with Crippen LogP contribution in [0.15, 0.2) is 47.4 Å². The monoisotopic (exact) mass is 323 g/mol. The third-order valence-electron chi connectivity index (χ3n) is 3.38. The molecule has 0 saturated carbocycles. The van der Waals surface area contributed by atoms with Gasteiger partial charge in [0.2, 0.25) is 0 Å². The summed E-state index contributed by atoms with van der Waals surface area (Å²) < 4.78 is 13.1. The number of nitrogens with one attached hydrogen (secondary N) is 1. The quantitative estimate of drug-likeness (QED) is 0.743. The highest BCUT2D eigenvalue weighted by Crippen LogP contribution is 2.26. The number of likely N-dealkylation sites (N-methyl/N-ethyl adjacent to an activating group) is 1. The minimum Gasteiger partial charge on any atom is -0.313 e. The number of hydrogen-bond donors (Lipinski definition) is 1. The molecule has 1 atom stereocenters. The predicted octanol–water partition coefficient (Wildman–Crippen LogP) is 5.09. The van der Waals surface area contributed by atoms with Crippen molar-refractivity contribution < 1.29 is 4.39 Å². The van der Waals surface area contributed by atoms with E-state index in [2.05, 4.69) is 36.5 Å². The Morgan fingerprint density at radius 2 is 1.90 bits per heavy atom. The SMILES string of the molecule is CCSc1ccc(C(Cc2ccc(F)cc2Cl)NC)cc1. The number of halogens is 2. The molecule has 0 saturated heterocycles. The molecule has 0 aliphatic heterocycles. The summed E-state index contributed by atoms with van der Waals surface area (Å²) in [6, 6.07) is 13.3. The van der Waals surface area contributed by atoms with Crippen molar-refractivity contribution in [2.45, 2.75) is 24.3 Å². The van der Waals surface area contributed by atoms with Gasteiger partial charge in [0.1, 0.15) is 5.82 Å². The van der Waals surface area contributed by atoms with E-state index in [1.54, 1.807) is 6.07 Å². The molecule has 0 spiro atoms. The first-order chi connectivity index (χ1) is 10.1. The van der Waals surface area contributed by atoms with Crippen LogP contribution in [0.3, 0.4) is 0 Å². The molecule has 21 heavy (non-hydrogen) atoms. The van der Waals surface area contributed by atoms with Gasteiger partial charge in [0.05, 0.1) is 0 Å². The maximum Gasteiger partial charge on any atom is 0.124 e. The zero-order valence-electron chi connectivity index (χ0n) is 12.2. The highest BCUT2D eigenvalue weighted by atomic mass is 35.5. The minimum atomic E-state index is -0.300. The molecule has 2 aromatic carbocycles. The smallest absolute Gasteiger partial charge is 0.124 e. The predicted molar refractivity (Wildman–Crippen MR) is 89.8 cm³/mol. The fourth-order valence-electron chi connectivity index (χ4n) is 2.26. The lowest BCUT2D eigenvalue weighted by Crippen LogP contribution is -2.19. The van der Waals surface area contributed by atoms with Crippen LogP contribution >= 0.6 is 23.4 Å². The highest BCUT2D eigenvalue weighted by molar-refractivity contribution is 7.99. The van der Waals surface area contributed by atoms with Gasteiger partial charge in [0.15, 0.2) is 0 Å². The van der Waals surface area contributed by atoms with Crippen molar-refractivity contribution in [3.8, 4) is 0 Å². The van der Waals surface area contributed by atoms with Crippen molar-refractivity contribution in [3.63, 3.8) is 0 Å². The Hall–Kier alpha value is -1.03. The van der Waals surface area contributed by atoms with Crippen molar-refractivity contribution >= 4 is 23.4 Å². The lowest BCUT2D eigenvalue weighted by Gasteiger charge is -2.18. The van der Waals surface area contributed by atoms with Gasteiger partial charge >= 0.3 is 0 Å². The first kappa shape index (κ1) is 16.3. The molecule has 0 bridgehead atoms. The Morgan fingerprint density at radius 3 is 2.48 bits per heavy atom. The van der Waals surface area contributed by atoms with Crippen LogP contribution < -0.4 is 5.32 Å². The second kappa shape index (κ2) is 7.83. The van der Waals surface area contributed by atoms with Crippen molar-refractivity contribution in [2.75, 3.05) is 12.8 Å². The molecule has 112 valence electrons. The Bertz CT molecular complexity index is 586. The Balaban J connectivity index is 2.15. The van der Waals surface area contributed by atoms with Crippen molar-refractivity contribution in [1.29, 1.82) is 0 Å². The van der Waals surface area contributed by atoms with Gasteiger partial charge < -0.3 is 5.32 Å². The van der Waals surface area contributed by atoms with E-state index in [1.807, 2.05) is 18.8 Å². The van der Waals surface area contributed by atoms with E-state index in [-0.39, 0.29) is 11.9 Å². The van der Waals surface area contributed by atoms with Crippen LogP contribution in [0, 0.1) is 5.82 Å². The third kappa shape index (κ3) is 4.47. The molecular weight excluding hydrogens is 305 g/mol. The molecule has 2 aromatic rings. The Kier molecular flexibility index (Phi) is 6.09. The van der Waals surface area contributed by atoms with E-state index in [4.69, 9.17) is 11.6 Å². The average Bonchev–Trinajstić information content (AvgIpc) is 2.48. The Morgan fingerprint density at radius 1 is 1.19 bits per heavy atom. The fraction of sp³-hybridized carbons (Fsp3) is 0.294. The van der Waals surface area contributed by atoms with Crippen molar-refractivity contribution in [2.24, 2.45) is 0 Å². The first-order valence-corrected chi connectivity index (χ1v) is 8.34. The molecule has 4 heteroatoms. The van der Waals surface area contributed by atoms with Gasteiger partial charge in [-0.05, 0) is 54.6 Å². The van der Waals surface area contributed by atoms with Gasteiger partial charge in [0, 0.05) is 16.0 Å². The molecule has 1 unspecified atom stereocenters. The number of rotatable bonds is 6. The third-order valence-corrected chi connectivity index (χ3v) is 4.63. The molecule has 0 aliphatic carbocycles. The summed E-state index contributed by atoms with van der Waals surface area (Å²) in [5.41, 5.74) is 2.16. The molecule has 2 rings (SSSR count). The lowest BCUT2D eigenvalue weighted by molar-refractivity contribution is 0.588. The second-order valence-corrected chi connectivity index (χ2v) is 6.53. The van der Waals surface area contributed by atoms with E-state index in [1.165, 1.54) is 22.6 Å². The van der Waals surface area contributed by atoms with Crippen LogP contribution in [0.2, 0.25) is 5.02 Å². The van der Waals surface area contributed by atoms with Crippen LogP contribution in [0.4, 0.5) is 4.39 Å². The lowest BCUT2D eigenvalue weighted by atomic mass is 9.99. The van der Waals surface area contributed by atoms with Crippen molar-refractivity contribution in [3.05, 3.63) is 64.4 Å². The standard InChI is InChI=1S/C17H19ClFNS/c1-3-21-15-8-5-12(6-9-15)17(20-2)10-13-4-7-14(19)11-16(13)18/h4-9,11,17,20H,3,10H2,1-2H3. The maximum atomic E-state index is 13.1. The summed E-state index contributed by atoms with van der Waals surface area (Å²) >= 11 is 7.94. The summed E-state index contributed by atoms with van der Waals surface area (Å²) in [5.74, 6) is 0.769. The van der Waals surface area contributed by atoms with Crippen LogP contribution in [0.25, 0.3) is 0 Å². The maximum absolute atomic E-state index is 13.1. The molecular formula is C17H19ClFNS. The fourth-order valence-corrected chi connectivity index (χ4v) is 3.16. The number of benzene rings is 2. The summed E-state index contributed by atoms with van der Waals surface area (Å²) in [6.07, 6.45) is 0.732. The van der Waals surface area contributed by atoms with Gasteiger partial charge in [-0.25, -0.2) is 4.39 Å². The summed E-state index contributed by atoms with van der Waals surface area (Å²) in [6.45, 7) is 2.14. The summed E-state index contributed by atoms with van der Waals surface area (Å²) in [4.78, 5) is 1.27. The number of thioether (sulfide) groups is 1. The van der Waals surface area contributed by atoms with Crippen molar-refractivity contribution in [1.82, 2.24) is 5.32 Å². The normalized spacial score (nSPS) is 12.4. The van der Waals surface area contributed by atoms with E-state index in [0.29, 0.717) is 5.02 Å². The van der Waals surface area contributed by atoms with Gasteiger partial charge in [-0.1, -0.05) is 36.7 Å². The van der Waals surface area contributed by atoms with Crippen LogP contribution in [-0.2, 0) is 6.42 Å². The first-order valence-electron chi connectivity index (χ1n) is 6.98. The Labute approximate surface area is 134 Å². The zero-order chi connectivity index (χ0) is 15.2. The molecule has 0 fully saturated rings. The molecule has 0 aliphatic rings. The van der Waals surface area contributed by atoms with Gasteiger partial charge in [0.25, 0.3) is 0 Å². The van der Waals surface area contributed by atoms with Gasteiger partial charge in [-0.2, -0.15) is 0 Å². The van der Waals surface area contributed by atoms with E-state index in [0.717, 1.165) is 17.7 Å². The summed E-state index contributed by atoms with van der Waals surface area (Å²) in [7, 11) is 1.93. The second-order valence-electron chi connectivity index (χ2n) is 4.78. The molecule has 1 N–H and O–H groups in total. The van der Waals surface area contributed by atoms with E-state index >= 15 is 0 Å². The average molecular weight is 324 g/mol. The molecule has 0 amide bonds. The molecule has 1 nitrogen and oxygen atoms in total. The zero-order valence-corrected chi connectivity index (χ0v) is 13.8. The molecule has 0 radical (unpaired) electrons. The van der Waals surface area contributed by atoms with E-state index < -0.39 is 0 Å². The largest absolute Gasteiger partial charge is 0.313 e. The van der Waals surface area contributed by atoms with Gasteiger partial charge in [-0.15, -0.1) is 11.8 Å². The van der Waals surface area contributed by atoms with Crippen LogP contribution in [0.1, 0.15) is 24.1 Å². The topological polar surface area (TPSA) is 12.0 Å².